The normalized spacial score (nSPS) is 26.9. The van der Waals surface area contributed by atoms with Crippen LogP contribution in [0.2, 0.25) is 0 Å². The van der Waals surface area contributed by atoms with Crippen molar-refractivity contribution in [2.45, 2.75) is 32.6 Å². The Morgan fingerprint density at radius 3 is 2.56 bits per heavy atom. The lowest BCUT2D eigenvalue weighted by atomic mass is 10.0. The molecule has 2 aliphatic rings. The van der Waals surface area contributed by atoms with E-state index in [4.69, 9.17) is 5.73 Å². The number of nitrogens with two attached hydrogens (primary N) is 1. The quantitative estimate of drug-likeness (QED) is 0.881. The van der Waals surface area contributed by atoms with Crippen LogP contribution in [0.1, 0.15) is 30.5 Å². The first-order valence-corrected chi connectivity index (χ1v) is 7.18. The molecule has 18 heavy (non-hydrogen) atoms. The second-order valence-corrected chi connectivity index (χ2v) is 5.91. The van der Waals surface area contributed by atoms with Gasteiger partial charge in [0.05, 0.1) is 5.69 Å². The Morgan fingerprint density at radius 2 is 1.94 bits per heavy atom. The number of aromatic nitrogens is 2. The first kappa shape index (κ1) is 12.0. The van der Waals surface area contributed by atoms with Crippen molar-refractivity contribution >= 4 is 5.82 Å². The van der Waals surface area contributed by atoms with Gasteiger partial charge in [-0.1, -0.05) is 6.42 Å². The average Bonchev–Trinajstić information content (AvgIpc) is 2.93. The first-order chi connectivity index (χ1) is 8.70. The molecule has 0 aromatic carbocycles. The Kier molecular flexibility index (Phi) is 3.06. The van der Waals surface area contributed by atoms with Crippen LogP contribution in [0.3, 0.4) is 0 Å². The zero-order chi connectivity index (χ0) is 12.7. The number of fused-ring (bicyclic) bond motifs is 1. The van der Waals surface area contributed by atoms with Crippen molar-refractivity contribution in [3.63, 3.8) is 0 Å². The van der Waals surface area contributed by atoms with Gasteiger partial charge in [-0.05, 0) is 44.6 Å². The minimum atomic E-state index is 0.709. The SMILES string of the molecule is Cc1nn(C)c(N2CC3CCCC3C2)c1CCN. The molecule has 1 aliphatic carbocycles. The summed E-state index contributed by atoms with van der Waals surface area (Å²) in [4.78, 5) is 2.56. The van der Waals surface area contributed by atoms with Gasteiger partial charge in [-0.2, -0.15) is 5.10 Å². The van der Waals surface area contributed by atoms with Gasteiger partial charge < -0.3 is 10.6 Å². The van der Waals surface area contributed by atoms with Crippen LogP contribution in [0.4, 0.5) is 5.82 Å². The van der Waals surface area contributed by atoms with E-state index in [1.54, 1.807) is 0 Å². The predicted molar refractivity (Wildman–Crippen MR) is 73.7 cm³/mol. The highest BCUT2D eigenvalue weighted by molar-refractivity contribution is 5.51. The molecule has 0 radical (unpaired) electrons. The van der Waals surface area contributed by atoms with Crippen LogP contribution in [0, 0.1) is 18.8 Å². The smallest absolute Gasteiger partial charge is 0.130 e. The molecule has 1 aliphatic heterocycles. The van der Waals surface area contributed by atoms with E-state index in [-0.39, 0.29) is 0 Å². The third-order valence-electron chi connectivity index (χ3n) is 4.73. The molecule has 1 aromatic rings. The lowest BCUT2D eigenvalue weighted by Gasteiger charge is -2.21. The van der Waals surface area contributed by atoms with Crippen molar-refractivity contribution < 1.29 is 0 Å². The molecular formula is C14H24N4. The van der Waals surface area contributed by atoms with Crippen molar-refractivity contribution in [1.29, 1.82) is 0 Å². The van der Waals surface area contributed by atoms with Crippen LogP contribution in [-0.4, -0.2) is 29.4 Å². The summed E-state index contributed by atoms with van der Waals surface area (Å²) >= 11 is 0. The summed E-state index contributed by atoms with van der Waals surface area (Å²) in [5.41, 5.74) is 8.25. The highest BCUT2D eigenvalue weighted by Crippen LogP contribution is 2.40. The summed E-state index contributed by atoms with van der Waals surface area (Å²) in [5.74, 6) is 3.17. The van der Waals surface area contributed by atoms with Gasteiger partial charge in [-0.15, -0.1) is 0 Å². The Balaban J connectivity index is 1.88. The molecular weight excluding hydrogens is 224 g/mol. The molecule has 0 bridgehead atoms. The Bertz CT molecular complexity index is 425. The molecule has 2 unspecified atom stereocenters. The van der Waals surface area contributed by atoms with E-state index in [2.05, 4.69) is 28.7 Å². The van der Waals surface area contributed by atoms with Crippen molar-refractivity contribution in [3.05, 3.63) is 11.3 Å². The van der Waals surface area contributed by atoms with E-state index in [0.29, 0.717) is 6.54 Å². The van der Waals surface area contributed by atoms with Crippen molar-refractivity contribution in [1.82, 2.24) is 9.78 Å². The zero-order valence-electron chi connectivity index (χ0n) is 11.5. The second kappa shape index (κ2) is 4.57. The largest absolute Gasteiger partial charge is 0.356 e. The van der Waals surface area contributed by atoms with Gasteiger partial charge in [0, 0.05) is 25.7 Å². The maximum absolute atomic E-state index is 5.74. The summed E-state index contributed by atoms with van der Waals surface area (Å²) < 4.78 is 2.06. The van der Waals surface area contributed by atoms with Crippen molar-refractivity contribution in [2.75, 3.05) is 24.5 Å². The molecule has 2 heterocycles. The third kappa shape index (κ3) is 1.83. The Labute approximate surface area is 109 Å². The summed E-state index contributed by atoms with van der Waals surface area (Å²) in [6.45, 7) is 5.26. The van der Waals surface area contributed by atoms with Gasteiger partial charge in [-0.3, -0.25) is 4.68 Å². The second-order valence-electron chi connectivity index (χ2n) is 5.91. The van der Waals surface area contributed by atoms with Gasteiger partial charge in [0.25, 0.3) is 0 Å². The van der Waals surface area contributed by atoms with E-state index >= 15 is 0 Å². The van der Waals surface area contributed by atoms with Crippen LogP contribution in [-0.2, 0) is 13.5 Å². The number of anilines is 1. The predicted octanol–water partition coefficient (Wildman–Crippen LogP) is 1.47. The van der Waals surface area contributed by atoms with E-state index in [1.807, 2.05) is 0 Å². The van der Waals surface area contributed by atoms with Crippen molar-refractivity contribution in [3.8, 4) is 0 Å². The fourth-order valence-corrected chi connectivity index (χ4v) is 3.93. The monoisotopic (exact) mass is 248 g/mol. The summed E-state index contributed by atoms with van der Waals surface area (Å²) in [6.07, 6.45) is 5.22. The number of hydrogen-bond donors (Lipinski definition) is 1. The van der Waals surface area contributed by atoms with Gasteiger partial charge in [0.2, 0.25) is 0 Å². The van der Waals surface area contributed by atoms with E-state index in [9.17, 15) is 0 Å². The molecule has 2 atom stereocenters. The summed E-state index contributed by atoms with van der Waals surface area (Å²) in [7, 11) is 2.07. The lowest BCUT2D eigenvalue weighted by Crippen LogP contribution is -2.25. The van der Waals surface area contributed by atoms with E-state index < -0.39 is 0 Å². The average molecular weight is 248 g/mol. The van der Waals surface area contributed by atoms with Crippen LogP contribution in [0.5, 0.6) is 0 Å². The standard InChI is InChI=1S/C14H24N4/c1-10-13(6-7-15)14(17(2)16-10)18-8-11-4-3-5-12(11)9-18/h11-12H,3-9,15H2,1-2H3. The number of nitrogens with zero attached hydrogens (tertiary/aromatic N) is 3. The van der Waals surface area contributed by atoms with E-state index in [0.717, 1.165) is 24.0 Å². The van der Waals surface area contributed by atoms with Crippen LogP contribution in [0.25, 0.3) is 0 Å². The van der Waals surface area contributed by atoms with Gasteiger partial charge in [0.15, 0.2) is 0 Å². The zero-order valence-corrected chi connectivity index (χ0v) is 11.5. The number of rotatable bonds is 3. The number of aryl methyl sites for hydroxylation is 2. The fourth-order valence-electron chi connectivity index (χ4n) is 3.93. The molecule has 0 spiro atoms. The lowest BCUT2D eigenvalue weighted by molar-refractivity contribution is 0.494. The highest BCUT2D eigenvalue weighted by Gasteiger charge is 2.37. The topological polar surface area (TPSA) is 47.1 Å². The molecule has 4 nitrogen and oxygen atoms in total. The highest BCUT2D eigenvalue weighted by atomic mass is 15.4. The first-order valence-electron chi connectivity index (χ1n) is 7.18. The van der Waals surface area contributed by atoms with Crippen LogP contribution < -0.4 is 10.6 Å². The van der Waals surface area contributed by atoms with Gasteiger partial charge in [0.1, 0.15) is 5.82 Å². The van der Waals surface area contributed by atoms with Crippen LogP contribution in [0.15, 0.2) is 0 Å². The molecule has 3 rings (SSSR count). The Morgan fingerprint density at radius 1 is 1.28 bits per heavy atom. The van der Waals surface area contributed by atoms with Crippen molar-refractivity contribution in [2.24, 2.45) is 24.6 Å². The maximum atomic E-state index is 5.74. The molecule has 1 saturated carbocycles. The van der Waals surface area contributed by atoms with Crippen LogP contribution >= 0.6 is 0 Å². The fraction of sp³-hybridized carbons (Fsp3) is 0.786. The van der Waals surface area contributed by atoms with E-state index in [1.165, 1.54) is 43.7 Å². The summed E-state index contributed by atoms with van der Waals surface area (Å²) in [5, 5.41) is 4.59. The van der Waals surface area contributed by atoms with Gasteiger partial charge in [-0.25, -0.2) is 0 Å². The molecule has 2 fully saturated rings. The molecule has 2 N–H and O–H groups in total. The molecule has 100 valence electrons. The molecule has 1 saturated heterocycles. The molecule has 4 heteroatoms. The Hall–Kier alpha value is -1.03. The molecule has 0 amide bonds. The minimum Gasteiger partial charge on any atom is -0.356 e. The third-order valence-corrected chi connectivity index (χ3v) is 4.73. The molecule has 1 aromatic heterocycles. The minimum absolute atomic E-state index is 0.709. The maximum Gasteiger partial charge on any atom is 0.130 e. The number of hydrogen-bond acceptors (Lipinski definition) is 3. The van der Waals surface area contributed by atoms with Gasteiger partial charge >= 0.3 is 0 Å². The summed E-state index contributed by atoms with van der Waals surface area (Å²) in [6, 6.07) is 0.